The van der Waals surface area contributed by atoms with E-state index in [9.17, 15) is 14.4 Å². The highest BCUT2D eigenvalue weighted by Crippen LogP contribution is 2.28. The van der Waals surface area contributed by atoms with Crippen molar-refractivity contribution in [2.75, 3.05) is 43.9 Å². The van der Waals surface area contributed by atoms with Crippen LogP contribution in [0.2, 0.25) is 0 Å². The van der Waals surface area contributed by atoms with Gasteiger partial charge in [-0.3, -0.25) is 19.7 Å². The number of rotatable bonds is 5. The van der Waals surface area contributed by atoms with E-state index in [-0.39, 0.29) is 18.0 Å². The number of nitrogens with zero attached hydrogens (tertiary/aromatic N) is 3. The zero-order valence-electron chi connectivity index (χ0n) is 20.3. The van der Waals surface area contributed by atoms with Crippen molar-refractivity contribution in [1.29, 1.82) is 0 Å². The molecule has 8 nitrogen and oxygen atoms in total. The summed E-state index contributed by atoms with van der Waals surface area (Å²) in [7, 11) is 3.82. The van der Waals surface area contributed by atoms with Crippen LogP contribution in [0.5, 0.6) is 0 Å². The minimum absolute atomic E-state index is 0.112. The van der Waals surface area contributed by atoms with Crippen molar-refractivity contribution >= 4 is 50.6 Å². The Morgan fingerprint density at radius 3 is 2.34 bits per heavy atom. The van der Waals surface area contributed by atoms with Gasteiger partial charge in [-0.05, 0) is 70.4 Å². The average molecular weight is 540 g/mol. The maximum absolute atomic E-state index is 12.7. The van der Waals surface area contributed by atoms with Crippen LogP contribution in [0.4, 0.5) is 11.4 Å². The largest absolute Gasteiger partial charge is 0.367 e. The fourth-order valence-corrected chi connectivity index (χ4v) is 5.10. The van der Waals surface area contributed by atoms with Crippen molar-refractivity contribution in [3.05, 3.63) is 64.3 Å². The molecule has 0 aromatic heterocycles. The van der Waals surface area contributed by atoms with Crippen LogP contribution in [0.15, 0.2) is 53.1 Å². The highest BCUT2D eigenvalue weighted by atomic mass is 79.9. The predicted molar refractivity (Wildman–Crippen MR) is 141 cm³/mol. The van der Waals surface area contributed by atoms with Crippen LogP contribution in [0.1, 0.15) is 29.8 Å². The van der Waals surface area contributed by atoms with E-state index >= 15 is 0 Å². The number of anilines is 2. The summed E-state index contributed by atoms with van der Waals surface area (Å²) in [5, 5.41) is 5.57. The zero-order valence-corrected chi connectivity index (χ0v) is 21.9. The number of likely N-dealkylation sites (N-methyl/N-ethyl adjacent to an activating group) is 1. The molecule has 1 saturated heterocycles. The number of carbonyl (C=O) groups is 3. The number of carbonyl (C=O) groups excluding carboxylic acids is 3. The number of benzene rings is 2. The minimum Gasteiger partial charge on any atom is -0.367 e. The van der Waals surface area contributed by atoms with Gasteiger partial charge in [-0.15, -0.1) is 0 Å². The third kappa shape index (κ3) is 5.41. The summed E-state index contributed by atoms with van der Waals surface area (Å²) in [4.78, 5) is 43.5. The molecule has 35 heavy (non-hydrogen) atoms. The summed E-state index contributed by atoms with van der Waals surface area (Å²) < 4.78 is 0.793. The summed E-state index contributed by atoms with van der Waals surface area (Å²) in [6.45, 7) is 6.13. The molecule has 9 heteroatoms. The number of hydrogen-bond donors (Lipinski definition) is 2. The molecule has 2 aromatic rings. The standard InChI is InChI=1S/C26H30BrN5O3/c1-16-13-31(14-17(2)32(16)24(33)15-30(3)4)20-8-6-19(7-9-20)28-12-23-22-11-18(27)5-10-21(22)25(34)29-26(23)35/h5-12,16-17,28H,13-15H2,1-4H3,(H,29,34,35)/b23-12-/t16-,17+. The lowest BCUT2D eigenvalue weighted by atomic mass is 9.95. The Hall–Kier alpha value is -3.17. The molecule has 2 aliphatic heterocycles. The Morgan fingerprint density at radius 2 is 1.71 bits per heavy atom. The second-order valence-electron chi connectivity index (χ2n) is 9.36. The van der Waals surface area contributed by atoms with Crippen molar-refractivity contribution in [3.8, 4) is 0 Å². The molecular weight excluding hydrogens is 510 g/mol. The van der Waals surface area contributed by atoms with Gasteiger partial charge in [0.1, 0.15) is 0 Å². The first-order valence-corrected chi connectivity index (χ1v) is 12.4. The zero-order chi connectivity index (χ0) is 25.3. The molecule has 2 heterocycles. The van der Waals surface area contributed by atoms with E-state index in [1.165, 1.54) is 0 Å². The Balaban J connectivity index is 1.46. The van der Waals surface area contributed by atoms with E-state index in [0.717, 1.165) is 28.9 Å². The van der Waals surface area contributed by atoms with Crippen LogP contribution >= 0.6 is 15.9 Å². The lowest BCUT2D eigenvalue weighted by Gasteiger charge is -2.45. The highest BCUT2D eigenvalue weighted by molar-refractivity contribution is 9.10. The molecule has 2 N–H and O–H groups in total. The van der Waals surface area contributed by atoms with Gasteiger partial charge in [-0.2, -0.15) is 0 Å². The molecule has 2 aromatic carbocycles. The minimum atomic E-state index is -0.436. The third-order valence-electron chi connectivity index (χ3n) is 6.26. The van der Waals surface area contributed by atoms with Crippen LogP contribution in [0.3, 0.4) is 0 Å². The van der Waals surface area contributed by atoms with E-state index in [2.05, 4.69) is 45.3 Å². The number of halogens is 1. The van der Waals surface area contributed by atoms with Gasteiger partial charge in [-0.1, -0.05) is 15.9 Å². The summed E-state index contributed by atoms with van der Waals surface area (Å²) in [6, 6.07) is 13.4. The molecule has 0 saturated carbocycles. The van der Waals surface area contributed by atoms with Crippen LogP contribution in [-0.2, 0) is 9.59 Å². The van der Waals surface area contributed by atoms with Crippen LogP contribution in [0.25, 0.3) is 5.57 Å². The first kappa shape index (κ1) is 24.9. The molecule has 184 valence electrons. The molecule has 1 fully saturated rings. The van der Waals surface area contributed by atoms with Gasteiger partial charge in [0.15, 0.2) is 0 Å². The van der Waals surface area contributed by atoms with Gasteiger partial charge in [0, 0.05) is 58.3 Å². The van der Waals surface area contributed by atoms with Crippen molar-refractivity contribution in [1.82, 2.24) is 15.1 Å². The van der Waals surface area contributed by atoms with Crippen molar-refractivity contribution in [2.24, 2.45) is 0 Å². The molecule has 0 aliphatic carbocycles. The van der Waals surface area contributed by atoms with Crippen molar-refractivity contribution in [3.63, 3.8) is 0 Å². The fraction of sp³-hybridized carbons (Fsp3) is 0.346. The highest BCUT2D eigenvalue weighted by Gasteiger charge is 2.33. The van der Waals surface area contributed by atoms with Crippen LogP contribution in [0, 0.1) is 0 Å². The summed E-state index contributed by atoms with van der Waals surface area (Å²) in [5.74, 6) is -0.676. The summed E-state index contributed by atoms with van der Waals surface area (Å²) in [5.41, 5.74) is 3.34. The normalized spacial score (nSPS) is 21.3. The third-order valence-corrected chi connectivity index (χ3v) is 6.76. The van der Waals surface area contributed by atoms with Gasteiger partial charge >= 0.3 is 0 Å². The Bertz CT molecular complexity index is 1170. The number of hydrogen-bond acceptors (Lipinski definition) is 6. The number of nitrogens with one attached hydrogen (secondary N) is 2. The van der Waals surface area contributed by atoms with E-state index in [1.54, 1.807) is 24.4 Å². The molecule has 4 rings (SSSR count). The molecule has 2 aliphatic rings. The van der Waals surface area contributed by atoms with E-state index < -0.39 is 11.8 Å². The van der Waals surface area contributed by atoms with Crippen LogP contribution < -0.4 is 15.5 Å². The number of piperazine rings is 1. The number of amides is 3. The van der Waals surface area contributed by atoms with Gasteiger partial charge in [0.05, 0.1) is 12.1 Å². The quantitative estimate of drug-likeness (QED) is 0.448. The molecular formula is C26H30BrN5O3. The molecule has 2 atom stereocenters. The van der Waals surface area contributed by atoms with Gasteiger partial charge < -0.3 is 20.0 Å². The lowest BCUT2D eigenvalue weighted by Crippen LogP contribution is -2.60. The molecule has 0 unspecified atom stereocenters. The lowest BCUT2D eigenvalue weighted by molar-refractivity contribution is -0.136. The maximum Gasteiger partial charge on any atom is 0.260 e. The second-order valence-corrected chi connectivity index (χ2v) is 10.3. The Kier molecular flexibility index (Phi) is 7.28. The van der Waals surface area contributed by atoms with Crippen LogP contribution in [-0.4, -0.2) is 73.3 Å². The topological polar surface area (TPSA) is 85.0 Å². The second kappa shape index (κ2) is 10.2. The monoisotopic (exact) mass is 539 g/mol. The van der Waals surface area contributed by atoms with E-state index in [0.29, 0.717) is 23.2 Å². The van der Waals surface area contributed by atoms with Gasteiger partial charge in [-0.25, -0.2) is 0 Å². The first-order chi connectivity index (χ1) is 16.6. The van der Waals surface area contributed by atoms with Crippen molar-refractivity contribution in [2.45, 2.75) is 25.9 Å². The Morgan fingerprint density at radius 1 is 1.06 bits per heavy atom. The predicted octanol–water partition coefficient (Wildman–Crippen LogP) is 3.16. The molecule has 0 radical (unpaired) electrons. The SMILES string of the molecule is C[C@@H]1CN(c2ccc(N/C=C3\C(=O)NC(=O)c4ccc(Br)cc43)cc2)C[C@H](C)N1C(=O)CN(C)C. The maximum atomic E-state index is 12.7. The molecule has 0 spiro atoms. The van der Waals surface area contributed by atoms with E-state index in [4.69, 9.17) is 0 Å². The Labute approximate surface area is 214 Å². The molecule has 3 amide bonds. The van der Waals surface area contributed by atoms with Gasteiger partial charge in [0.25, 0.3) is 11.8 Å². The number of imide groups is 1. The van der Waals surface area contributed by atoms with Crippen molar-refractivity contribution < 1.29 is 14.4 Å². The molecule has 0 bridgehead atoms. The van der Waals surface area contributed by atoms with E-state index in [1.807, 2.05) is 48.2 Å². The average Bonchev–Trinajstić information content (AvgIpc) is 2.78. The smallest absolute Gasteiger partial charge is 0.260 e. The number of fused-ring (bicyclic) bond motifs is 1. The summed E-state index contributed by atoms with van der Waals surface area (Å²) in [6.07, 6.45) is 1.63. The first-order valence-electron chi connectivity index (χ1n) is 11.6. The summed E-state index contributed by atoms with van der Waals surface area (Å²) >= 11 is 3.41. The van der Waals surface area contributed by atoms with Gasteiger partial charge in [0.2, 0.25) is 5.91 Å². The fourth-order valence-electron chi connectivity index (χ4n) is 4.74.